The van der Waals surface area contributed by atoms with Crippen LogP contribution < -0.4 is 20.9 Å². The number of benzene rings is 1. The standard InChI is InChI=1S/C30H32ClF2N9O2/c31-23-5-2-1-4-21(23)22-15-42(30-27(22)29(36-17-37-30)41-13-20(14-41)35-12-25(32)33)16-26(44)40-10-7-19(8-11-40)39-24-6-3-9-34-28(24)38-18-43/h1-6,9,15,17-20,25,35,39H,7-8,10-14,16H2,(H,34,38,43). The van der Waals surface area contributed by atoms with Gasteiger partial charge in [0.1, 0.15) is 24.3 Å². The van der Waals surface area contributed by atoms with Crippen molar-refractivity contribution in [3.63, 3.8) is 0 Å². The number of carbonyl (C=O) groups excluding carboxylic acids is 2. The Morgan fingerprint density at radius 2 is 1.84 bits per heavy atom. The lowest BCUT2D eigenvalue weighted by atomic mass is 10.0. The number of halogens is 3. The van der Waals surface area contributed by atoms with Crippen LogP contribution in [-0.4, -0.2) is 88.0 Å². The van der Waals surface area contributed by atoms with Crippen LogP contribution in [0.25, 0.3) is 22.2 Å². The molecule has 2 fully saturated rings. The van der Waals surface area contributed by atoms with E-state index in [4.69, 9.17) is 11.6 Å². The maximum atomic E-state index is 13.6. The van der Waals surface area contributed by atoms with Crippen LogP contribution in [0, 0.1) is 0 Å². The van der Waals surface area contributed by atoms with Crippen LogP contribution in [-0.2, 0) is 16.1 Å². The topological polar surface area (TPSA) is 120 Å². The van der Waals surface area contributed by atoms with Gasteiger partial charge in [-0.3, -0.25) is 9.59 Å². The van der Waals surface area contributed by atoms with Crippen molar-refractivity contribution in [1.82, 2.24) is 29.7 Å². The largest absolute Gasteiger partial charge is 0.379 e. The van der Waals surface area contributed by atoms with Crippen LogP contribution in [0.4, 0.5) is 26.1 Å². The molecule has 2 saturated heterocycles. The number of anilines is 3. The van der Waals surface area contributed by atoms with Crippen LogP contribution in [0.15, 0.2) is 55.1 Å². The summed E-state index contributed by atoms with van der Waals surface area (Å²) in [6, 6.07) is 11.2. The van der Waals surface area contributed by atoms with Gasteiger partial charge in [-0.25, -0.2) is 23.7 Å². The molecule has 2 aliphatic heterocycles. The highest BCUT2D eigenvalue weighted by atomic mass is 35.5. The summed E-state index contributed by atoms with van der Waals surface area (Å²) in [6.45, 7) is 1.94. The number of alkyl halides is 2. The van der Waals surface area contributed by atoms with Crippen LogP contribution in [0.1, 0.15) is 12.8 Å². The third kappa shape index (κ3) is 6.29. The number of likely N-dealkylation sites (tertiary alicyclic amines) is 1. The molecule has 5 heterocycles. The fourth-order valence-electron chi connectivity index (χ4n) is 5.82. The highest BCUT2D eigenvalue weighted by Gasteiger charge is 2.32. The molecule has 0 atom stereocenters. The molecule has 14 heteroatoms. The van der Waals surface area contributed by atoms with Gasteiger partial charge in [0, 0.05) is 66.8 Å². The molecule has 3 N–H and O–H groups in total. The van der Waals surface area contributed by atoms with Gasteiger partial charge in [0.2, 0.25) is 12.3 Å². The van der Waals surface area contributed by atoms with E-state index in [0.29, 0.717) is 54.9 Å². The van der Waals surface area contributed by atoms with Crippen molar-refractivity contribution in [3.8, 4) is 11.1 Å². The van der Waals surface area contributed by atoms with Gasteiger partial charge in [-0.15, -0.1) is 0 Å². The van der Waals surface area contributed by atoms with Gasteiger partial charge >= 0.3 is 0 Å². The number of aromatic nitrogens is 4. The zero-order chi connectivity index (χ0) is 30.6. The Hall–Kier alpha value is -4.36. The van der Waals surface area contributed by atoms with Crippen LogP contribution in [0.2, 0.25) is 5.02 Å². The van der Waals surface area contributed by atoms with E-state index in [-0.39, 0.29) is 31.1 Å². The molecule has 0 spiro atoms. The molecule has 1 aromatic carbocycles. The molecule has 4 aromatic rings. The molecule has 44 heavy (non-hydrogen) atoms. The first kappa shape index (κ1) is 29.7. The number of hydrogen-bond donors (Lipinski definition) is 3. The smallest absolute Gasteiger partial charge is 0.250 e. The first-order valence-corrected chi connectivity index (χ1v) is 14.8. The van der Waals surface area contributed by atoms with Crippen molar-refractivity contribution in [2.24, 2.45) is 0 Å². The minimum atomic E-state index is -2.41. The fraction of sp³-hybridized carbons (Fsp3) is 0.367. The third-order valence-electron chi connectivity index (χ3n) is 8.06. The Bertz CT molecular complexity index is 1640. The lowest BCUT2D eigenvalue weighted by Gasteiger charge is -2.41. The minimum Gasteiger partial charge on any atom is -0.379 e. The SMILES string of the molecule is O=CNc1ncccc1NC1CCN(C(=O)Cn2cc(-c3ccccc3Cl)c3c(N4CC(NCC(F)F)C4)ncnc32)CC1. The van der Waals surface area contributed by atoms with Crippen molar-refractivity contribution in [3.05, 3.63) is 60.1 Å². The zero-order valence-corrected chi connectivity index (χ0v) is 24.6. The number of amides is 2. The second-order valence-electron chi connectivity index (χ2n) is 10.9. The molecule has 0 saturated carbocycles. The first-order chi connectivity index (χ1) is 21.4. The summed E-state index contributed by atoms with van der Waals surface area (Å²) in [5, 5.41) is 10.2. The molecule has 0 bridgehead atoms. The summed E-state index contributed by atoms with van der Waals surface area (Å²) in [5.41, 5.74) is 2.94. The van der Waals surface area contributed by atoms with E-state index in [2.05, 4.69) is 30.9 Å². The number of nitrogens with zero attached hydrogens (tertiary/aromatic N) is 6. The second kappa shape index (κ2) is 13.1. The van der Waals surface area contributed by atoms with Crippen molar-refractivity contribution < 1.29 is 18.4 Å². The lowest BCUT2D eigenvalue weighted by Crippen LogP contribution is -2.59. The molecule has 0 aliphatic carbocycles. The van der Waals surface area contributed by atoms with E-state index in [1.807, 2.05) is 50.9 Å². The van der Waals surface area contributed by atoms with Crippen LogP contribution >= 0.6 is 11.6 Å². The van der Waals surface area contributed by atoms with E-state index in [1.165, 1.54) is 6.33 Å². The average molecular weight is 624 g/mol. The summed E-state index contributed by atoms with van der Waals surface area (Å²) in [4.78, 5) is 41.7. The Balaban J connectivity index is 1.19. The average Bonchev–Trinajstić information content (AvgIpc) is 3.36. The monoisotopic (exact) mass is 623 g/mol. The zero-order valence-electron chi connectivity index (χ0n) is 23.8. The molecule has 2 aliphatic rings. The number of fused-ring (bicyclic) bond motifs is 1. The maximum absolute atomic E-state index is 13.6. The molecule has 2 amide bonds. The van der Waals surface area contributed by atoms with E-state index in [1.54, 1.807) is 12.3 Å². The number of carbonyl (C=O) groups is 2. The summed E-state index contributed by atoms with van der Waals surface area (Å²) >= 11 is 6.62. The van der Waals surface area contributed by atoms with Gasteiger partial charge in [0.25, 0.3) is 6.43 Å². The quantitative estimate of drug-likeness (QED) is 0.216. The number of pyridine rings is 1. The third-order valence-corrected chi connectivity index (χ3v) is 8.39. The predicted molar refractivity (Wildman–Crippen MR) is 165 cm³/mol. The van der Waals surface area contributed by atoms with Crippen molar-refractivity contribution in [2.45, 2.75) is 37.9 Å². The van der Waals surface area contributed by atoms with E-state index >= 15 is 0 Å². The van der Waals surface area contributed by atoms with Gasteiger partial charge < -0.3 is 30.3 Å². The molecule has 230 valence electrons. The molecule has 6 rings (SSSR count). The lowest BCUT2D eigenvalue weighted by molar-refractivity contribution is -0.132. The summed E-state index contributed by atoms with van der Waals surface area (Å²) in [7, 11) is 0. The second-order valence-corrected chi connectivity index (χ2v) is 11.3. The van der Waals surface area contributed by atoms with Crippen molar-refractivity contribution in [1.29, 1.82) is 0 Å². The number of piperidine rings is 1. The summed E-state index contributed by atoms with van der Waals surface area (Å²) in [6.07, 6.45) is 4.64. The molecular formula is C30H32ClF2N9O2. The van der Waals surface area contributed by atoms with Gasteiger partial charge in [-0.2, -0.15) is 0 Å². The highest BCUT2D eigenvalue weighted by molar-refractivity contribution is 6.33. The fourth-order valence-corrected chi connectivity index (χ4v) is 6.06. The van der Waals surface area contributed by atoms with Gasteiger partial charge in [0.05, 0.1) is 17.6 Å². The minimum absolute atomic E-state index is 0.0314. The predicted octanol–water partition coefficient (Wildman–Crippen LogP) is 3.86. The molecule has 11 nitrogen and oxygen atoms in total. The molecular weight excluding hydrogens is 592 g/mol. The van der Waals surface area contributed by atoms with Gasteiger partial charge in [-0.1, -0.05) is 29.8 Å². The number of nitrogens with one attached hydrogen (secondary N) is 3. The Labute approximate surface area is 257 Å². The highest BCUT2D eigenvalue weighted by Crippen LogP contribution is 2.39. The first-order valence-electron chi connectivity index (χ1n) is 14.5. The van der Waals surface area contributed by atoms with E-state index in [9.17, 15) is 18.4 Å². The maximum Gasteiger partial charge on any atom is 0.250 e. The normalized spacial score (nSPS) is 15.9. The van der Waals surface area contributed by atoms with Crippen molar-refractivity contribution in [2.75, 3.05) is 48.3 Å². The Morgan fingerprint density at radius 1 is 1.05 bits per heavy atom. The van der Waals surface area contributed by atoms with Gasteiger partial charge in [-0.05, 0) is 31.0 Å². The molecule has 0 radical (unpaired) electrons. The summed E-state index contributed by atoms with van der Waals surface area (Å²) in [5.74, 6) is 1.11. The number of rotatable bonds is 11. The Kier molecular flexibility index (Phi) is 8.84. The Morgan fingerprint density at radius 3 is 2.59 bits per heavy atom. The van der Waals surface area contributed by atoms with E-state index in [0.717, 1.165) is 35.0 Å². The van der Waals surface area contributed by atoms with E-state index < -0.39 is 6.43 Å². The summed E-state index contributed by atoms with van der Waals surface area (Å²) < 4.78 is 27.2. The van der Waals surface area contributed by atoms with Gasteiger partial charge in [0.15, 0.2) is 5.82 Å². The molecule has 3 aromatic heterocycles. The molecule has 0 unspecified atom stereocenters. The van der Waals surface area contributed by atoms with Crippen molar-refractivity contribution >= 4 is 52.3 Å². The van der Waals surface area contributed by atoms with Crippen LogP contribution in [0.5, 0.6) is 0 Å². The number of hydrogen-bond acceptors (Lipinski definition) is 8. The van der Waals surface area contributed by atoms with Crippen LogP contribution in [0.3, 0.4) is 0 Å².